The van der Waals surface area contributed by atoms with Gasteiger partial charge < -0.3 is 9.64 Å². The average Bonchev–Trinajstić information content (AvgIpc) is 2.54. The lowest BCUT2D eigenvalue weighted by Gasteiger charge is -2.46. The van der Waals surface area contributed by atoms with Crippen molar-refractivity contribution >= 4 is 6.09 Å². The molecular weight excluding hydrogens is 262 g/mol. The molecule has 114 valence electrons. The van der Waals surface area contributed by atoms with Crippen LogP contribution in [-0.4, -0.2) is 23.6 Å². The molecule has 1 aliphatic heterocycles. The predicted molar refractivity (Wildman–Crippen MR) is 82.9 cm³/mol. The lowest BCUT2D eigenvalue weighted by atomic mass is 9.73. The van der Waals surface area contributed by atoms with Crippen LogP contribution in [0.3, 0.4) is 0 Å². The van der Waals surface area contributed by atoms with Crippen LogP contribution in [0.4, 0.5) is 4.79 Å². The van der Waals surface area contributed by atoms with E-state index < -0.39 is 0 Å². The maximum atomic E-state index is 12.4. The zero-order valence-electron chi connectivity index (χ0n) is 12.8. The van der Waals surface area contributed by atoms with Crippen LogP contribution in [0.1, 0.15) is 44.6 Å². The monoisotopic (exact) mass is 287 g/mol. The van der Waals surface area contributed by atoms with Gasteiger partial charge in [-0.1, -0.05) is 50.1 Å². The Bertz CT molecular complexity index is 473. The molecular formula is C18H25NO2. The number of nitrogens with zero attached hydrogens (tertiary/aromatic N) is 1. The second-order valence-corrected chi connectivity index (χ2v) is 6.52. The van der Waals surface area contributed by atoms with Gasteiger partial charge in [0, 0.05) is 12.6 Å². The molecule has 1 aliphatic carbocycles. The van der Waals surface area contributed by atoms with Crippen molar-refractivity contribution in [3.8, 4) is 0 Å². The molecule has 0 aromatic heterocycles. The Morgan fingerprint density at radius 1 is 1.19 bits per heavy atom. The van der Waals surface area contributed by atoms with Crippen LogP contribution in [0, 0.1) is 11.8 Å². The van der Waals surface area contributed by atoms with Crippen molar-refractivity contribution < 1.29 is 9.53 Å². The minimum Gasteiger partial charge on any atom is -0.445 e. The first-order valence-electron chi connectivity index (χ1n) is 8.23. The van der Waals surface area contributed by atoms with E-state index in [1.54, 1.807) is 0 Å². The molecule has 0 N–H and O–H groups in total. The zero-order chi connectivity index (χ0) is 14.7. The van der Waals surface area contributed by atoms with Gasteiger partial charge >= 0.3 is 6.09 Å². The summed E-state index contributed by atoms with van der Waals surface area (Å²) in [6.45, 7) is 3.58. The molecule has 1 heterocycles. The van der Waals surface area contributed by atoms with Crippen LogP contribution in [0.25, 0.3) is 0 Å². The van der Waals surface area contributed by atoms with Crippen molar-refractivity contribution in [1.82, 2.24) is 4.90 Å². The van der Waals surface area contributed by atoms with Crippen molar-refractivity contribution in [1.29, 1.82) is 0 Å². The number of ether oxygens (including phenoxy) is 1. The zero-order valence-corrected chi connectivity index (χ0v) is 12.8. The number of piperidine rings is 1. The minimum absolute atomic E-state index is 0.123. The van der Waals surface area contributed by atoms with E-state index in [0.29, 0.717) is 18.6 Å². The predicted octanol–water partition coefficient (Wildman–Crippen LogP) is 4.22. The fourth-order valence-electron chi connectivity index (χ4n) is 3.94. The number of hydrogen-bond acceptors (Lipinski definition) is 2. The molecule has 3 nitrogen and oxygen atoms in total. The molecule has 1 aromatic carbocycles. The number of carbonyl (C=O) groups excluding carboxylic acids is 1. The molecule has 3 atom stereocenters. The summed E-state index contributed by atoms with van der Waals surface area (Å²) in [4.78, 5) is 14.4. The largest absolute Gasteiger partial charge is 0.445 e. The van der Waals surface area contributed by atoms with Gasteiger partial charge in [0.15, 0.2) is 0 Å². The Balaban J connectivity index is 1.61. The van der Waals surface area contributed by atoms with Crippen LogP contribution >= 0.6 is 0 Å². The van der Waals surface area contributed by atoms with E-state index >= 15 is 0 Å². The van der Waals surface area contributed by atoms with Gasteiger partial charge in [0.2, 0.25) is 0 Å². The van der Waals surface area contributed by atoms with Crippen LogP contribution in [0.15, 0.2) is 30.3 Å². The number of benzene rings is 1. The molecule has 0 bridgehead atoms. The van der Waals surface area contributed by atoms with Crippen molar-refractivity contribution in [2.24, 2.45) is 11.8 Å². The SMILES string of the molecule is CC1CCN(C(=O)OCc2ccccc2)C2CCCCC12. The Kier molecular flexibility index (Phi) is 4.47. The number of carbonyl (C=O) groups is 1. The summed E-state index contributed by atoms with van der Waals surface area (Å²) >= 11 is 0. The molecule has 1 amide bonds. The summed E-state index contributed by atoms with van der Waals surface area (Å²) < 4.78 is 5.54. The van der Waals surface area contributed by atoms with Crippen molar-refractivity contribution in [3.63, 3.8) is 0 Å². The molecule has 0 spiro atoms. The highest BCUT2D eigenvalue weighted by atomic mass is 16.6. The van der Waals surface area contributed by atoms with E-state index in [9.17, 15) is 4.79 Å². The highest BCUT2D eigenvalue weighted by Crippen LogP contribution is 2.39. The Hall–Kier alpha value is -1.51. The second-order valence-electron chi connectivity index (χ2n) is 6.52. The Morgan fingerprint density at radius 2 is 1.95 bits per heavy atom. The summed E-state index contributed by atoms with van der Waals surface area (Å²) in [6, 6.07) is 10.3. The van der Waals surface area contributed by atoms with E-state index in [1.165, 1.54) is 19.3 Å². The van der Waals surface area contributed by atoms with E-state index in [4.69, 9.17) is 4.74 Å². The standard InChI is InChI=1S/C18H25NO2/c1-14-11-12-19(17-10-6-5-9-16(14)17)18(20)21-13-15-7-3-2-4-8-15/h2-4,7-8,14,16-17H,5-6,9-13H2,1H3. The topological polar surface area (TPSA) is 29.5 Å². The van der Waals surface area contributed by atoms with Gasteiger partial charge in [-0.3, -0.25) is 0 Å². The maximum Gasteiger partial charge on any atom is 0.410 e. The van der Waals surface area contributed by atoms with Crippen LogP contribution < -0.4 is 0 Å². The molecule has 1 aromatic rings. The molecule has 1 saturated heterocycles. The highest BCUT2D eigenvalue weighted by Gasteiger charge is 2.39. The van der Waals surface area contributed by atoms with Gasteiger partial charge in [0.25, 0.3) is 0 Å². The maximum absolute atomic E-state index is 12.4. The van der Waals surface area contributed by atoms with Gasteiger partial charge in [-0.2, -0.15) is 0 Å². The normalized spacial score (nSPS) is 28.8. The lowest BCUT2D eigenvalue weighted by molar-refractivity contribution is 0.0132. The Labute approximate surface area is 127 Å². The highest BCUT2D eigenvalue weighted by molar-refractivity contribution is 5.68. The van der Waals surface area contributed by atoms with Gasteiger partial charge in [0.05, 0.1) is 0 Å². The van der Waals surface area contributed by atoms with Crippen molar-refractivity contribution in [2.75, 3.05) is 6.54 Å². The third-order valence-corrected chi connectivity index (χ3v) is 5.18. The van der Waals surface area contributed by atoms with E-state index in [0.717, 1.165) is 30.9 Å². The molecule has 21 heavy (non-hydrogen) atoms. The van der Waals surface area contributed by atoms with E-state index in [-0.39, 0.29) is 6.09 Å². The number of amides is 1. The van der Waals surface area contributed by atoms with Crippen LogP contribution in [0.5, 0.6) is 0 Å². The lowest BCUT2D eigenvalue weighted by Crippen LogP contribution is -2.52. The molecule has 3 rings (SSSR count). The van der Waals surface area contributed by atoms with Crippen molar-refractivity contribution in [2.45, 2.75) is 51.7 Å². The number of likely N-dealkylation sites (tertiary alicyclic amines) is 1. The van der Waals surface area contributed by atoms with Gasteiger partial charge in [0.1, 0.15) is 6.61 Å². The summed E-state index contributed by atoms with van der Waals surface area (Å²) in [6.07, 6.45) is 5.97. The van der Waals surface area contributed by atoms with Gasteiger partial charge in [-0.25, -0.2) is 4.79 Å². The molecule has 3 unspecified atom stereocenters. The summed E-state index contributed by atoms with van der Waals surface area (Å²) in [5, 5.41) is 0. The third kappa shape index (κ3) is 3.22. The minimum atomic E-state index is -0.123. The van der Waals surface area contributed by atoms with Crippen molar-refractivity contribution in [3.05, 3.63) is 35.9 Å². The molecule has 1 saturated carbocycles. The first kappa shape index (κ1) is 14.4. The first-order valence-corrected chi connectivity index (χ1v) is 8.23. The summed E-state index contributed by atoms with van der Waals surface area (Å²) in [7, 11) is 0. The van der Waals surface area contributed by atoms with E-state index in [1.807, 2.05) is 35.2 Å². The number of hydrogen-bond donors (Lipinski definition) is 0. The smallest absolute Gasteiger partial charge is 0.410 e. The average molecular weight is 287 g/mol. The van der Waals surface area contributed by atoms with Crippen LogP contribution in [0.2, 0.25) is 0 Å². The molecule has 2 fully saturated rings. The number of rotatable bonds is 2. The molecule has 2 aliphatic rings. The fourth-order valence-corrected chi connectivity index (χ4v) is 3.94. The summed E-state index contributed by atoms with van der Waals surface area (Å²) in [5.74, 6) is 1.42. The molecule has 3 heteroatoms. The quantitative estimate of drug-likeness (QED) is 0.815. The fraction of sp³-hybridized carbons (Fsp3) is 0.611. The Morgan fingerprint density at radius 3 is 2.76 bits per heavy atom. The molecule has 0 radical (unpaired) electrons. The van der Waals surface area contributed by atoms with E-state index in [2.05, 4.69) is 6.92 Å². The van der Waals surface area contributed by atoms with Gasteiger partial charge in [-0.15, -0.1) is 0 Å². The van der Waals surface area contributed by atoms with Crippen LogP contribution in [-0.2, 0) is 11.3 Å². The third-order valence-electron chi connectivity index (χ3n) is 5.18. The number of fused-ring (bicyclic) bond motifs is 1. The second kappa shape index (κ2) is 6.50. The van der Waals surface area contributed by atoms with Gasteiger partial charge in [-0.05, 0) is 36.7 Å². The first-order chi connectivity index (χ1) is 10.3. The summed E-state index contributed by atoms with van der Waals surface area (Å²) in [5.41, 5.74) is 1.05.